The van der Waals surface area contributed by atoms with Gasteiger partial charge in [0, 0.05) is 0 Å². The third kappa shape index (κ3) is 5.45. The van der Waals surface area contributed by atoms with Crippen molar-refractivity contribution in [2.24, 2.45) is 0 Å². The van der Waals surface area contributed by atoms with Crippen LogP contribution < -0.4 is 9.80 Å². The molecule has 0 aromatic heterocycles. The molecule has 0 amide bonds. The zero-order valence-electron chi connectivity index (χ0n) is 30.1. The fraction of sp³-hybridized carbons (Fsp3) is 0.0600. The van der Waals surface area contributed by atoms with Gasteiger partial charge >= 0.3 is 313 Å². The Morgan fingerprint density at radius 3 is 1.50 bits per heavy atom. The van der Waals surface area contributed by atoms with Crippen LogP contribution in [-0.2, 0) is 5.41 Å². The van der Waals surface area contributed by atoms with E-state index in [1.807, 2.05) is 31.2 Å². The van der Waals surface area contributed by atoms with Crippen LogP contribution in [0.15, 0.2) is 200 Å². The molecule has 7 aromatic carbocycles. The molecule has 0 fully saturated rings. The molecule has 0 saturated heterocycles. The first-order chi connectivity index (χ1) is 26.7. The van der Waals surface area contributed by atoms with Crippen molar-refractivity contribution in [3.63, 3.8) is 0 Å². The summed E-state index contributed by atoms with van der Waals surface area (Å²) in [7, 11) is 0.739. The molecule has 2 aliphatic heterocycles. The molecule has 2 heterocycles. The number of hydrogen-bond acceptors (Lipinski definition) is 2. The van der Waals surface area contributed by atoms with E-state index in [9.17, 15) is 4.32 Å². The van der Waals surface area contributed by atoms with Gasteiger partial charge in [-0.05, 0) is 0 Å². The van der Waals surface area contributed by atoms with E-state index in [4.69, 9.17) is 0 Å². The van der Waals surface area contributed by atoms with Crippen LogP contribution in [0.4, 0.5) is 32.8 Å². The van der Waals surface area contributed by atoms with E-state index in [0.29, 0.717) is 12.0 Å². The van der Waals surface area contributed by atoms with Gasteiger partial charge in [-0.25, -0.2) is 0 Å². The third-order valence-electron chi connectivity index (χ3n) is 10.8. The Bertz CT molecular complexity index is 2420. The van der Waals surface area contributed by atoms with Crippen molar-refractivity contribution in [2.45, 2.75) is 12.3 Å². The summed E-state index contributed by atoms with van der Waals surface area (Å²) in [5.41, 5.74) is 14.6. The molecule has 54 heavy (non-hydrogen) atoms. The van der Waals surface area contributed by atoms with Gasteiger partial charge in [0.1, 0.15) is 0 Å². The average molecular weight is 697 g/mol. The van der Waals surface area contributed by atoms with Crippen LogP contribution >= 0.6 is 0 Å². The molecular weight excluding hydrogens is 658 g/mol. The first-order valence-corrected chi connectivity index (χ1v) is 18.5. The average Bonchev–Trinajstić information content (AvgIpc) is 3.25. The minimum absolute atomic E-state index is 0.357. The summed E-state index contributed by atoms with van der Waals surface area (Å²) in [6, 6.07) is 63.3. The second kappa shape index (κ2) is 14.1. The zero-order chi connectivity index (χ0) is 36.5. The fourth-order valence-corrected chi connectivity index (χ4v) is 8.49. The summed E-state index contributed by atoms with van der Waals surface area (Å²) in [5.74, 6) is 0. The van der Waals surface area contributed by atoms with Gasteiger partial charge < -0.3 is 0 Å². The van der Waals surface area contributed by atoms with Crippen LogP contribution in [0.5, 0.6) is 0 Å². The van der Waals surface area contributed by atoms with Crippen LogP contribution in [0, 0.1) is 0 Å². The van der Waals surface area contributed by atoms with Gasteiger partial charge in [-0.15, -0.1) is 0 Å². The Morgan fingerprint density at radius 1 is 0.519 bits per heavy atom. The van der Waals surface area contributed by atoms with Crippen LogP contribution in [0.1, 0.15) is 29.2 Å². The molecular formula is C50H38BFN2. The van der Waals surface area contributed by atoms with Gasteiger partial charge in [-0.2, -0.15) is 0 Å². The molecule has 7 aromatic rings. The van der Waals surface area contributed by atoms with Gasteiger partial charge in [0.15, 0.2) is 0 Å². The molecule has 0 saturated carbocycles. The number of halogens is 1. The van der Waals surface area contributed by atoms with Crippen LogP contribution in [0.25, 0.3) is 22.3 Å². The van der Waals surface area contributed by atoms with E-state index in [2.05, 4.69) is 186 Å². The van der Waals surface area contributed by atoms with E-state index in [1.54, 1.807) is 0 Å². The van der Waals surface area contributed by atoms with Gasteiger partial charge in [0.2, 0.25) is 0 Å². The predicted octanol–water partition coefficient (Wildman–Crippen LogP) is 12.5. The van der Waals surface area contributed by atoms with E-state index in [0.717, 1.165) is 69.0 Å². The van der Waals surface area contributed by atoms with Crippen molar-refractivity contribution in [1.29, 1.82) is 0 Å². The number of para-hydroxylation sites is 3. The molecule has 1 spiro atoms. The summed E-state index contributed by atoms with van der Waals surface area (Å²) in [5, 5.41) is 0. The standard InChI is InChI=1S/C50H38BFN2/c1-2-3-7-22-40(51-52)35-53-46-31-29-38(36-18-8-4-9-19-36)33-44(46)50(45-34-39(30-32-47(45)53)37-20-10-5-11-21-37)42-25-14-16-27-48(42)54(41-23-12-6-13-24-41)49-28-17-15-26-43(49)50/h2-34H,35H2,1H3/b3-2-,22-7-. The van der Waals surface area contributed by atoms with Gasteiger partial charge in [0.25, 0.3) is 0 Å². The van der Waals surface area contributed by atoms with Crippen molar-refractivity contribution < 1.29 is 4.32 Å². The fourth-order valence-electron chi connectivity index (χ4n) is 8.49. The second-order valence-electron chi connectivity index (χ2n) is 13.8. The van der Waals surface area contributed by atoms with Crippen molar-refractivity contribution >= 4 is 41.1 Å². The van der Waals surface area contributed by atoms with Crippen molar-refractivity contribution in [1.82, 2.24) is 0 Å². The van der Waals surface area contributed by atoms with Gasteiger partial charge in [0.05, 0.1) is 0 Å². The number of anilines is 5. The maximum atomic E-state index is 14.8. The topological polar surface area (TPSA) is 6.48 Å². The monoisotopic (exact) mass is 696 g/mol. The summed E-state index contributed by atoms with van der Waals surface area (Å²) in [6.45, 7) is 2.32. The number of nitrogens with zero attached hydrogens (tertiary/aromatic N) is 2. The quantitative estimate of drug-likeness (QED) is 0.121. The predicted molar refractivity (Wildman–Crippen MR) is 227 cm³/mol. The molecule has 0 N–H and O–H groups in total. The minimum atomic E-state index is -0.727. The molecule has 258 valence electrons. The van der Waals surface area contributed by atoms with E-state index >= 15 is 0 Å². The maximum absolute atomic E-state index is 14.8. The number of rotatable bonds is 7. The Kier molecular flexibility index (Phi) is 8.72. The molecule has 0 radical (unpaired) electrons. The zero-order valence-corrected chi connectivity index (χ0v) is 30.1. The Hall–Kier alpha value is -6.52. The van der Waals surface area contributed by atoms with Crippen molar-refractivity contribution in [3.05, 3.63) is 222 Å². The van der Waals surface area contributed by atoms with Gasteiger partial charge in [-0.3, -0.25) is 0 Å². The molecule has 2 nitrogen and oxygen atoms in total. The first-order valence-electron chi connectivity index (χ1n) is 18.5. The SMILES string of the molecule is C/C=C\C=C/C(=BF)CN1c2ccc(-c3ccccc3)cc2C2(c3cc(-c4ccccc4)ccc31)c1ccccc1N(c1ccccc1)c1ccccc12. The molecule has 0 atom stereocenters. The summed E-state index contributed by atoms with van der Waals surface area (Å²) in [4.78, 5) is 4.71. The number of hydrogen-bond donors (Lipinski definition) is 0. The van der Waals surface area contributed by atoms with E-state index in [-0.39, 0.29) is 0 Å². The molecule has 0 unspecified atom stereocenters. The molecule has 9 rings (SSSR count). The summed E-state index contributed by atoms with van der Waals surface area (Å²) >= 11 is 0. The van der Waals surface area contributed by atoms with E-state index < -0.39 is 5.41 Å². The normalized spacial score (nSPS) is 14.1. The first kappa shape index (κ1) is 33.3. The summed E-state index contributed by atoms with van der Waals surface area (Å²) < 4.78 is 14.8. The molecule has 4 heteroatoms. The number of benzene rings is 7. The van der Waals surface area contributed by atoms with Crippen LogP contribution in [0.2, 0.25) is 0 Å². The van der Waals surface area contributed by atoms with Crippen molar-refractivity contribution in [3.8, 4) is 22.3 Å². The molecule has 0 aliphatic carbocycles. The van der Waals surface area contributed by atoms with Crippen molar-refractivity contribution in [2.75, 3.05) is 16.3 Å². The number of fused-ring (bicyclic) bond motifs is 8. The van der Waals surface area contributed by atoms with Crippen LogP contribution in [-0.4, -0.2) is 19.2 Å². The Balaban J connectivity index is 1.41. The van der Waals surface area contributed by atoms with Gasteiger partial charge in [-0.1, -0.05) is 6.07 Å². The Morgan fingerprint density at radius 2 is 1.00 bits per heavy atom. The van der Waals surface area contributed by atoms with E-state index in [1.165, 1.54) is 11.1 Å². The molecule has 0 bridgehead atoms. The summed E-state index contributed by atoms with van der Waals surface area (Å²) in [6.07, 6.45) is 7.66. The number of allylic oxidation sites excluding steroid dienone is 3. The second-order valence-corrected chi connectivity index (χ2v) is 13.8. The molecule has 2 aliphatic rings. The third-order valence-corrected chi connectivity index (χ3v) is 10.8. The van der Waals surface area contributed by atoms with Crippen LogP contribution in [0.3, 0.4) is 0 Å². The Labute approximate surface area is 317 Å².